The summed E-state index contributed by atoms with van der Waals surface area (Å²) in [4.78, 5) is 0.0560. The van der Waals surface area contributed by atoms with Crippen molar-refractivity contribution in [1.29, 1.82) is 0 Å². The number of hydrogen-bond donors (Lipinski definition) is 1. The Kier molecular flexibility index (Phi) is 3.84. The molecule has 2 N–H and O–H groups in total. The average molecular weight is 290 g/mol. The molecule has 0 amide bonds. The first-order valence-corrected chi connectivity index (χ1v) is 8.07. The topological polar surface area (TPSA) is 63.4 Å². The van der Waals surface area contributed by atoms with Crippen LogP contribution in [0.5, 0.6) is 0 Å². The molecule has 0 radical (unpaired) electrons. The molecule has 18 heavy (non-hydrogen) atoms. The number of nitrogens with two attached hydrogens (primary N) is 1. The van der Waals surface area contributed by atoms with Gasteiger partial charge >= 0.3 is 0 Å². The van der Waals surface area contributed by atoms with Crippen molar-refractivity contribution in [3.05, 3.63) is 24.0 Å². The van der Waals surface area contributed by atoms with Crippen LogP contribution >= 0.6 is 11.8 Å². The highest BCUT2D eigenvalue weighted by Gasteiger charge is 2.29. The third-order valence-corrected chi connectivity index (χ3v) is 5.81. The molecule has 0 spiro atoms. The van der Waals surface area contributed by atoms with E-state index in [0.717, 1.165) is 11.8 Å². The molecule has 1 fully saturated rings. The molecule has 1 heterocycles. The summed E-state index contributed by atoms with van der Waals surface area (Å²) in [6, 6.07) is 3.52. The van der Waals surface area contributed by atoms with Gasteiger partial charge in [-0.3, -0.25) is 0 Å². The number of rotatable bonds is 2. The van der Waals surface area contributed by atoms with Gasteiger partial charge in [-0.25, -0.2) is 12.8 Å². The standard InChI is InChI=1S/C11H15FN2O2S2/c1-8-7-14(4-5-17-8)18(15,16)9-2-3-10(12)11(13)6-9/h2-3,6,8H,4-5,7,13H2,1H3. The second-order valence-electron chi connectivity index (χ2n) is 4.23. The number of hydrogen-bond acceptors (Lipinski definition) is 4. The van der Waals surface area contributed by atoms with Crippen molar-refractivity contribution in [3.63, 3.8) is 0 Å². The first-order chi connectivity index (χ1) is 8.41. The van der Waals surface area contributed by atoms with Gasteiger partial charge in [0.15, 0.2) is 0 Å². The smallest absolute Gasteiger partial charge is 0.243 e. The Morgan fingerprint density at radius 1 is 1.50 bits per heavy atom. The molecule has 1 aliphatic rings. The zero-order chi connectivity index (χ0) is 13.3. The molecule has 1 unspecified atom stereocenters. The zero-order valence-electron chi connectivity index (χ0n) is 9.97. The molecular formula is C11H15FN2O2S2. The monoisotopic (exact) mass is 290 g/mol. The van der Waals surface area contributed by atoms with Crippen LogP contribution in [0.15, 0.2) is 23.1 Å². The second kappa shape index (κ2) is 5.07. The van der Waals surface area contributed by atoms with Crippen molar-refractivity contribution in [2.24, 2.45) is 0 Å². The van der Waals surface area contributed by atoms with Gasteiger partial charge in [-0.05, 0) is 18.2 Å². The summed E-state index contributed by atoms with van der Waals surface area (Å²) in [6.07, 6.45) is 0. The molecule has 100 valence electrons. The number of halogens is 1. The lowest BCUT2D eigenvalue weighted by Gasteiger charge is -2.29. The van der Waals surface area contributed by atoms with Crippen LogP contribution < -0.4 is 5.73 Å². The molecule has 0 saturated carbocycles. The summed E-state index contributed by atoms with van der Waals surface area (Å²) in [5.74, 6) is 0.174. The summed E-state index contributed by atoms with van der Waals surface area (Å²) < 4.78 is 39.2. The number of thioether (sulfide) groups is 1. The minimum absolute atomic E-state index is 0.0560. The van der Waals surface area contributed by atoms with Crippen molar-refractivity contribution in [2.45, 2.75) is 17.1 Å². The van der Waals surface area contributed by atoms with E-state index >= 15 is 0 Å². The van der Waals surface area contributed by atoms with Gasteiger partial charge in [0.1, 0.15) is 5.82 Å². The maximum Gasteiger partial charge on any atom is 0.243 e. The van der Waals surface area contributed by atoms with Gasteiger partial charge in [0.05, 0.1) is 10.6 Å². The fourth-order valence-corrected chi connectivity index (χ4v) is 4.63. The summed E-state index contributed by atoms with van der Waals surface area (Å²) in [5, 5.41) is 0.270. The van der Waals surface area contributed by atoms with Gasteiger partial charge in [-0.2, -0.15) is 16.1 Å². The Labute approximate surface area is 110 Å². The van der Waals surface area contributed by atoms with Crippen LogP contribution in [0.3, 0.4) is 0 Å². The van der Waals surface area contributed by atoms with Crippen LogP contribution in [-0.4, -0.2) is 36.8 Å². The Balaban J connectivity index is 2.32. The highest BCUT2D eigenvalue weighted by Crippen LogP contribution is 2.25. The van der Waals surface area contributed by atoms with Crippen LogP contribution in [-0.2, 0) is 10.0 Å². The lowest BCUT2D eigenvalue weighted by molar-refractivity contribution is 0.424. The largest absolute Gasteiger partial charge is 0.396 e. The summed E-state index contributed by atoms with van der Waals surface area (Å²) in [5.41, 5.74) is 5.27. The molecule has 0 aliphatic carbocycles. The number of nitrogens with zero attached hydrogens (tertiary/aromatic N) is 1. The van der Waals surface area contributed by atoms with Crippen LogP contribution in [0.4, 0.5) is 10.1 Å². The number of nitrogen functional groups attached to an aromatic ring is 1. The molecule has 1 aromatic carbocycles. The summed E-state index contributed by atoms with van der Waals surface area (Å²) in [7, 11) is -3.56. The molecule has 7 heteroatoms. The molecular weight excluding hydrogens is 275 g/mol. The summed E-state index contributed by atoms with van der Waals surface area (Å²) >= 11 is 1.75. The predicted molar refractivity (Wildman–Crippen MR) is 71.5 cm³/mol. The van der Waals surface area contributed by atoms with Gasteiger partial charge in [-0.1, -0.05) is 6.92 Å². The third kappa shape index (κ3) is 2.62. The number of benzene rings is 1. The molecule has 1 aliphatic heterocycles. The van der Waals surface area contributed by atoms with E-state index < -0.39 is 15.8 Å². The van der Waals surface area contributed by atoms with Gasteiger partial charge in [0.2, 0.25) is 10.0 Å². The average Bonchev–Trinajstić information content (AvgIpc) is 2.32. The molecule has 0 bridgehead atoms. The maximum absolute atomic E-state index is 13.1. The van der Waals surface area contributed by atoms with E-state index in [9.17, 15) is 12.8 Å². The van der Waals surface area contributed by atoms with Crippen LogP contribution in [0.1, 0.15) is 6.92 Å². The molecule has 0 aromatic heterocycles. The Bertz CT molecular complexity index is 548. The fraction of sp³-hybridized carbons (Fsp3) is 0.455. The maximum atomic E-state index is 13.1. The fourth-order valence-electron chi connectivity index (χ4n) is 1.84. The van der Waals surface area contributed by atoms with E-state index in [1.54, 1.807) is 11.8 Å². The van der Waals surface area contributed by atoms with E-state index in [1.165, 1.54) is 16.4 Å². The third-order valence-electron chi connectivity index (χ3n) is 2.81. The predicted octanol–water partition coefficient (Wildman–Crippen LogP) is 1.53. The highest BCUT2D eigenvalue weighted by molar-refractivity contribution is 8.00. The quantitative estimate of drug-likeness (QED) is 0.839. The van der Waals surface area contributed by atoms with Gasteiger partial charge in [-0.15, -0.1) is 0 Å². The van der Waals surface area contributed by atoms with Gasteiger partial charge in [0.25, 0.3) is 0 Å². The van der Waals surface area contributed by atoms with Gasteiger partial charge < -0.3 is 5.73 Å². The first kappa shape index (κ1) is 13.6. The Morgan fingerprint density at radius 2 is 2.22 bits per heavy atom. The molecule has 1 atom stereocenters. The lowest BCUT2D eigenvalue weighted by Crippen LogP contribution is -2.40. The van der Waals surface area contributed by atoms with Crippen LogP contribution in [0, 0.1) is 5.82 Å². The Hall–Kier alpha value is -0.790. The van der Waals surface area contributed by atoms with Crippen molar-refractivity contribution in [2.75, 3.05) is 24.6 Å². The first-order valence-electron chi connectivity index (χ1n) is 5.58. The van der Waals surface area contributed by atoms with Crippen molar-refractivity contribution >= 4 is 27.5 Å². The molecule has 1 saturated heterocycles. The van der Waals surface area contributed by atoms with Crippen molar-refractivity contribution in [1.82, 2.24) is 4.31 Å². The van der Waals surface area contributed by atoms with E-state index in [-0.39, 0.29) is 15.8 Å². The molecule has 2 rings (SSSR count). The second-order valence-corrected chi connectivity index (χ2v) is 7.71. The highest BCUT2D eigenvalue weighted by atomic mass is 32.2. The van der Waals surface area contributed by atoms with E-state index in [0.29, 0.717) is 13.1 Å². The van der Waals surface area contributed by atoms with Crippen LogP contribution in [0.2, 0.25) is 0 Å². The normalized spacial score (nSPS) is 22.0. The van der Waals surface area contributed by atoms with Crippen molar-refractivity contribution < 1.29 is 12.8 Å². The van der Waals surface area contributed by atoms with Gasteiger partial charge in [0, 0.05) is 24.1 Å². The lowest BCUT2D eigenvalue weighted by atomic mass is 10.3. The SMILES string of the molecule is CC1CN(S(=O)(=O)c2ccc(F)c(N)c2)CCS1. The van der Waals surface area contributed by atoms with E-state index in [2.05, 4.69) is 0 Å². The molecule has 1 aromatic rings. The minimum atomic E-state index is -3.56. The Morgan fingerprint density at radius 3 is 2.83 bits per heavy atom. The zero-order valence-corrected chi connectivity index (χ0v) is 11.6. The number of anilines is 1. The summed E-state index contributed by atoms with van der Waals surface area (Å²) in [6.45, 7) is 2.95. The number of sulfonamides is 1. The molecule has 4 nitrogen and oxygen atoms in total. The van der Waals surface area contributed by atoms with E-state index in [4.69, 9.17) is 5.73 Å². The minimum Gasteiger partial charge on any atom is -0.396 e. The van der Waals surface area contributed by atoms with Crippen LogP contribution in [0.25, 0.3) is 0 Å². The van der Waals surface area contributed by atoms with E-state index in [1.807, 2.05) is 6.92 Å². The van der Waals surface area contributed by atoms with Crippen molar-refractivity contribution in [3.8, 4) is 0 Å².